The van der Waals surface area contributed by atoms with Crippen LogP contribution in [0.5, 0.6) is 0 Å². The Labute approximate surface area is 94.4 Å². The van der Waals surface area contributed by atoms with Crippen molar-refractivity contribution in [3.63, 3.8) is 0 Å². The molecule has 0 bridgehead atoms. The normalized spacial score (nSPS) is 12.9. The molecule has 0 fully saturated rings. The number of hydrogen-bond acceptors (Lipinski definition) is 2. The molecule has 0 aromatic heterocycles. The van der Waals surface area contributed by atoms with Crippen molar-refractivity contribution in [3.05, 3.63) is 0 Å². The fraction of sp³-hybridized carbons (Fsp3) is 0.923. The third-order valence-corrected chi connectivity index (χ3v) is 2.39. The molecule has 0 saturated carbocycles. The lowest BCUT2D eigenvalue weighted by Crippen LogP contribution is -2.13. The summed E-state index contributed by atoms with van der Waals surface area (Å²) in [4.78, 5) is 11.4. The highest BCUT2D eigenvalue weighted by molar-refractivity contribution is 5.69. The molecule has 0 aromatic carbocycles. The van der Waals surface area contributed by atoms with Gasteiger partial charge in [-0.05, 0) is 11.8 Å². The zero-order chi connectivity index (χ0) is 11.7. The number of esters is 1. The number of hydrogen-bond donors (Lipinski definition) is 0. The van der Waals surface area contributed by atoms with Gasteiger partial charge in [0.2, 0.25) is 0 Å². The molecule has 0 radical (unpaired) electrons. The van der Waals surface area contributed by atoms with E-state index in [-0.39, 0.29) is 5.97 Å². The lowest BCUT2D eigenvalue weighted by atomic mass is 10.0. The highest BCUT2D eigenvalue weighted by Gasteiger charge is 2.10. The van der Waals surface area contributed by atoms with Crippen molar-refractivity contribution in [2.45, 2.75) is 59.8 Å². The molecular weight excluding hydrogens is 188 g/mol. The monoisotopic (exact) mass is 214 g/mol. The van der Waals surface area contributed by atoms with Crippen LogP contribution in [0.2, 0.25) is 0 Å². The van der Waals surface area contributed by atoms with Crippen molar-refractivity contribution < 1.29 is 9.53 Å². The van der Waals surface area contributed by atoms with Gasteiger partial charge in [0.25, 0.3) is 0 Å². The molecule has 0 heterocycles. The van der Waals surface area contributed by atoms with Crippen LogP contribution in [0.1, 0.15) is 59.8 Å². The molecule has 15 heavy (non-hydrogen) atoms. The van der Waals surface area contributed by atoms with E-state index in [0.717, 1.165) is 6.42 Å². The summed E-state index contributed by atoms with van der Waals surface area (Å²) in [5.41, 5.74) is 0. The molecule has 2 heteroatoms. The number of carbonyl (C=O) groups is 1. The zero-order valence-electron chi connectivity index (χ0n) is 10.7. The Morgan fingerprint density at radius 1 is 1.20 bits per heavy atom. The van der Waals surface area contributed by atoms with E-state index in [1.807, 2.05) is 0 Å². The van der Waals surface area contributed by atoms with Gasteiger partial charge >= 0.3 is 5.97 Å². The zero-order valence-corrected chi connectivity index (χ0v) is 10.7. The standard InChI is InChI=1S/C13H26O2/c1-5-6-7-8-12(4)9-13(14)15-10-11(2)3/h11-12H,5-10H2,1-4H3/t12-/m0/s1. The van der Waals surface area contributed by atoms with E-state index in [2.05, 4.69) is 27.7 Å². The molecule has 1 atom stereocenters. The number of rotatable bonds is 8. The summed E-state index contributed by atoms with van der Waals surface area (Å²) in [7, 11) is 0. The summed E-state index contributed by atoms with van der Waals surface area (Å²) in [5.74, 6) is 0.869. The highest BCUT2D eigenvalue weighted by atomic mass is 16.5. The van der Waals surface area contributed by atoms with Crippen molar-refractivity contribution in [2.24, 2.45) is 11.8 Å². The van der Waals surface area contributed by atoms with Gasteiger partial charge in [-0.3, -0.25) is 4.79 Å². The fourth-order valence-electron chi connectivity index (χ4n) is 1.45. The molecule has 0 spiro atoms. The van der Waals surface area contributed by atoms with Gasteiger partial charge in [-0.2, -0.15) is 0 Å². The van der Waals surface area contributed by atoms with E-state index in [0.29, 0.717) is 24.9 Å². The van der Waals surface area contributed by atoms with Gasteiger partial charge in [0.15, 0.2) is 0 Å². The fourth-order valence-corrected chi connectivity index (χ4v) is 1.45. The van der Waals surface area contributed by atoms with Gasteiger partial charge in [-0.25, -0.2) is 0 Å². The summed E-state index contributed by atoms with van der Waals surface area (Å²) in [6, 6.07) is 0. The first-order valence-electron chi connectivity index (χ1n) is 6.21. The van der Waals surface area contributed by atoms with Crippen LogP contribution < -0.4 is 0 Å². The predicted molar refractivity (Wildman–Crippen MR) is 63.7 cm³/mol. The second-order valence-corrected chi connectivity index (χ2v) is 4.88. The minimum atomic E-state index is -0.0345. The summed E-state index contributed by atoms with van der Waals surface area (Å²) in [6.45, 7) is 8.99. The van der Waals surface area contributed by atoms with Crippen molar-refractivity contribution in [1.29, 1.82) is 0 Å². The van der Waals surface area contributed by atoms with Crippen LogP contribution in [0.3, 0.4) is 0 Å². The smallest absolute Gasteiger partial charge is 0.306 e. The third-order valence-electron chi connectivity index (χ3n) is 2.39. The van der Waals surface area contributed by atoms with Crippen LogP contribution in [0.4, 0.5) is 0 Å². The average Bonchev–Trinajstić information content (AvgIpc) is 2.15. The Kier molecular flexibility index (Phi) is 8.44. The Hall–Kier alpha value is -0.530. The van der Waals surface area contributed by atoms with E-state index < -0.39 is 0 Å². The molecule has 0 unspecified atom stereocenters. The molecule has 0 N–H and O–H groups in total. The molecular formula is C13H26O2. The molecule has 0 aliphatic carbocycles. The van der Waals surface area contributed by atoms with E-state index in [1.165, 1.54) is 19.3 Å². The van der Waals surface area contributed by atoms with Crippen LogP contribution in [-0.4, -0.2) is 12.6 Å². The summed E-state index contributed by atoms with van der Waals surface area (Å²) < 4.78 is 5.14. The third kappa shape index (κ3) is 9.77. The maximum atomic E-state index is 11.4. The van der Waals surface area contributed by atoms with Gasteiger partial charge in [0, 0.05) is 6.42 Å². The van der Waals surface area contributed by atoms with E-state index in [9.17, 15) is 4.79 Å². The highest BCUT2D eigenvalue weighted by Crippen LogP contribution is 2.13. The molecule has 90 valence electrons. The molecule has 2 nitrogen and oxygen atoms in total. The maximum Gasteiger partial charge on any atom is 0.306 e. The summed E-state index contributed by atoms with van der Waals surface area (Å²) in [6.07, 6.45) is 5.46. The van der Waals surface area contributed by atoms with Crippen molar-refractivity contribution >= 4 is 5.97 Å². The first-order chi connectivity index (χ1) is 7.06. The summed E-state index contributed by atoms with van der Waals surface area (Å²) >= 11 is 0. The maximum absolute atomic E-state index is 11.4. The first-order valence-corrected chi connectivity index (χ1v) is 6.21. The summed E-state index contributed by atoms with van der Waals surface area (Å²) in [5, 5.41) is 0. The van der Waals surface area contributed by atoms with E-state index >= 15 is 0 Å². The Balaban J connectivity index is 3.49. The quantitative estimate of drug-likeness (QED) is 0.454. The molecule has 0 aliphatic heterocycles. The van der Waals surface area contributed by atoms with Crippen LogP contribution in [0, 0.1) is 11.8 Å². The first kappa shape index (κ1) is 14.5. The predicted octanol–water partition coefficient (Wildman–Crippen LogP) is 3.79. The lowest BCUT2D eigenvalue weighted by Gasteiger charge is -2.11. The van der Waals surface area contributed by atoms with Gasteiger partial charge in [0.05, 0.1) is 6.61 Å². The minimum absolute atomic E-state index is 0.0345. The van der Waals surface area contributed by atoms with E-state index in [1.54, 1.807) is 0 Å². The Morgan fingerprint density at radius 3 is 2.40 bits per heavy atom. The molecule has 0 saturated heterocycles. The van der Waals surface area contributed by atoms with Gasteiger partial charge in [0.1, 0.15) is 0 Å². The van der Waals surface area contributed by atoms with Gasteiger partial charge in [-0.1, -0.05) is 53.4 Å². The van der Waals surface area contributed by atoms with Crippen LogP contribution in [0.25, 0.3) is 0 Å². The topological polar surface area (TPSA) is 26.3 Å². The molecule has 0 aromatic rings. The lowest BCUT2D eigenvalue weighted by molar-refractivity contribution is -0.145. The SMILES string of the molecule is CCCCC[C@H](C)CC(=O)OCC(C)C. The van der Waals surface area contributed by atoms with Crippen molar-refractivity contribution in [2.75, 3.05) is 6.61 Å². The van der Waals surface area contributed by atoms with Crippen LogP contribution in [-0.2, 0) is 9.53 Å². The minimum Gasteiger partial charge on any atom is -0.465 e. The average molecular weight is 214 g/mol. The van der Waals surface area contributed by atoms with Gasteiger partial charge in [-0.15, -0.1) is 0 Å². The molecule has 0 rings (SSSR count). The van der Waals surface area contributed by atoms with E-state index in [4.69, 9.17) is 4.74 Å². The Bertz CT molecular complexity index is 164. The van der Waals surface area contributed by atoms with Crippen LogP contribution in [0.15, 0.2) is 0 Å². The Morgan fingerprint density at radius 2 is 1.87 bits per heavy atom. The number of carbonyl (C=O) groups excluding carboxylic acids is 1. The molecule has 0 aliphatic rings. The number of ether oxygens (including phenoxy) is 1. The largest absolute Gasteiger partial charge is 0.465 e. The van der Waals surface area contributed by atoms with Crippen molar-refractivity contribution in [3.8, 4) is 0 Å². The van der Waals surface area contributed by atoms with Crippen molar-refractivity contribution in [1.82, 2.24) is 0 Å². The van der Waals surface area contributed by atoms with Crippen LogP contribution >= 0.6 is 0 Å². The molecule has 0 amide bonds. The second kappa shape index (κ2) is 8.75. The number of unbranched alkanes of at least 4 members (excludes halogenated alkanes) is 2. The van der Waals surface area contributed by atoms with Gasteiger partial charge < -0.3 is 4.74 Å². The second-order valence-electron chi connectivity index (χ2n) is 4.88.